The Bertz CT molecular complexity index is 183. The lowest BCUT2D eigenvalue weighted by atomic mass is 9.69. The van der Waals surface area contributed by atoms with Crippen molar-refractivity contribution in [3.63, 3.8) is 0 Å². The minimum Gasteiger partial charge on any atom is -0.229 e. The molecule has 0 aliphatic carbocycles. The third-order valence-corrected chi connectivity index (χ3v) is 3.23. The van der Waals surface area contributed by atoms with Gasteiger partial charge in [0, 0.05) is 11.5 Å². The van der Waals surface area contributed by atoms with E-state index in [1.165, 1.54) is 0 Å². The normalized spacial score (nSPS) is 40.9. The van der Waals surface area contributed by atoms with E-state index in [2.05, 4.69) is 0 Å². The molecule has 1 fully saturated rings. The highest BCUT2D eigenvalue weighted by Crippen LogP contribution is 2.29. The molecule has 0 saturated carbocycles. The maximum absolute atomic E-state index is 10.7. The van der Waals surface area contributed by atoms with Gasteiger partial charge < -0.3 is 0 Å². The molecule has 0 amide bonds. The predicted molar refractivity (Wildman–Crippen MR) is 37.7 cm³/mol. The monoisotopic (exact) mass is 140 g/mol. The predicted octanol–water partition coefficient (Wildman–Crippen LogP) is -0.671. The highest BCUT2D eigenvalue weighted by Gasteiger charge is 2.30. The van der Waals surface area contributed by atoms with E-state index in [0.717, 1.165) is 0 Å². The fourth-order valence-corrected chi connectivity index (χ4v) is 2.71. The van der Waals surface area contributed by atoms with Crippen molar-refractivity contribution >= 4 is 25.5 Å². The van der Waals surface area contributed by atoms with Crippen molar-refractivity contribution in [2.45, 2.75) is 11.6 Å². The molecule has 0 aromatic heterocycles. The van der Waals surface area contributed by atoms with Gasteiger partial charge in [-0.2, -0.15) is 0 Å². The first-order valence-electron chi connectivity index (χ1n) is 2.73. The molecule has 0 spiro atoms. The summed E-state index contributed by atoms with van der Waals surface area (Å²) in [5, 5.41) is 0. The van der Waals surface area contributed by atoms with E-state index >= 15 is 0 Å². The molecule has 2 nitrogen and oxygen atoms in total. The van der Waals surface area contributed by atoms with E-state index in [4.69, 9.17) is 15.7 Å². The van der Waals surface area contributed by atoms with Crippen molar-refractivity contribution in [1.29, 1.82) is 0 Å². The summed E-state index contributed by atoms with van der Waals surface area (Å²) < 4.78 is 21.4. The largest absolute Gasteiger partial charge is 0.229 e. The summed E-state index contributed by atoms with van der Waals surface area (Å²) in [4.78, 5) is 0. The number of sulfone groups is 1. The molecule has 1 rings (SSSR count). The SMILES string of the molecule is [B]C1CS(=O)(=O)CC1[B]. The molecule has 1 saturated heterocycles. The molecule has 0 N–H and O–H groups in total. The van der Waals surface area contributed by atoms with Crippen LogP contribution in [0.5, 0.6) is 0 Å². The van der Waals surface area contributed by atoms with E-state index in [1.807, 2.05) is 0 Å². The van der Waals surface area contributed by atoms with Crippen LogP contribution in [0, 0.1) is 0 Å². The Morgan fingerprint density at radius 2 is 1.44 bits per heavy atom. The molecule has 0 aromatic carbocycles. The van der Waals surface area contributed by atoms with E-state index in [0.29, 0.717) is 0 Å². The summed E-state index contributed by atoms with van der Waals surface area (Å²) in [5.74, 6) is -0.604. The first-order chi connectivity index (χ1) is 4.01. The Balaban J connectivity index is 2.77. The van der Waals surface area contributed by atoms with Crippen LogP contribution in [0.15, 0.2) is 0 Å². The van der Waals surface area contributed by atoms with Gasteiger partial charge in [-0.3, -0.25) is 0 Å². The van der Waals surface area contributed by atoms with Gasteiger partial charge in [-0.15, -0.1) is 0 Å². The highest BCUT2D eigenvalue weighted by molar-refractivity contribution is 7.91. The van der Waals surface area contributed by atoms with Crippen molar-refractivity contribution < 1.29 is 8.42 Å². The molecule has 0 aromatic rings. The molecule has 4 radical (unpaired) electrons. The third kappa shape index (κ3) is 1.51. The van der Waals surface area contributed by atoms with Crippen LogP contribution in [-0.4, -0.2) is 35.6 Å². The standard InChI is InChI=1S/C4H6B2O2S/c5-3-1-9(7,8)2-4(3)6/h3-4H,1-2H2. The molecule has 1 aliphatic heterocycles. The Labute approximate surface area is 57.8 Å². The van der Waals surface area contributed by atoms with Crippen molar-refractivity contribution in [1.82, 2.24) is 0 Å². The second kappa shape index (κ2) is 2.04. The van der Waals surface area contributed by atoms with Gasteiger partial charge in [0.1, 0.15) is 9.84 Å². The number of hydrogen-bond donors (Lipinski definition) is 0. The van der Waals surface area contributed by atoms with Gasteiger partial charge in [-0.1, -0.05) is 11.6 Å². The zero-order valence-corrected chi connectivity index (χ0v) is 5.76. The lowest BCUT2D eigenvalue weighted by Gasteiger charge is -2.03. The Morgan fingerprint density at radius 3 is 1.56 bits per heavy atom. The molecule has 2 atom stereocenters. The fraction of sp³-hybridized carbons (Fsp3) is 1.00. The van der Waals surface area contributed by atoms with Crippen molar-refractivity contribution in [2.24, 2.45) is 0 Å². The molecule has 9 heavy (non-hydrogen) atoms. The Hall–Kier alpha value is 0.0799. The van der Waals surface area contributed by atoms with E-state index in [-0.39, 0.29) is 23.1 Å². The molecule has 5 heteroatoms. The Morgan fingerprint density at radius 1 is 1.11 bits per heavy atom. The quantitative estimate of drug-likeness (QED) is 0.418. The van der Waals surface area contributed by atoms with Crippen LogP contribution in [0.25, 0.3) is 0 Å². The summed E-state index contributed by atoms with van der Waals surface area (Å²) >= 11 is 0. The van der Waals surface area contributed by atoms with Crippen LogP contribution in [0.2, 0.25) is 11.6 Å². The van der Waals surface area contributed by atoms with Crippen LogP contribution in [0.3, 0.4) is 0 Å². The Kier molecular flexibility index (Phi) is 1.63. The van der Waals surface area contributed by atoms with Gasteiger partial charge in [0.25, 0.3) is 0 Å². The molecule has 0 bridgehead atoms. The minimum atomic E-state index is -2.89. The number of hydrogen-bond acceptors (Lipinski definition) is 2. The maximum Gasteiger partial charge on any atom is 0.149 e. The van der Waals surface area contributed by atoms with Gasteiger partial charge >= 0.3 is 0 Å². The first kappa shape index (κ1) is 7.19. The fourth-order valence-electron chi connectivity index (χ4n) is 0.902. The van der Waals surface area contributed by atoms with Gasteiger partial charge in [-0.25, -0.2) is 8.42 Å². The van der Waals surface area contributed by atoms with E-state index < -0.39 is 9.84 Å². The second-order valence-corrected chi connectivity index (χ2v) is 4.56. The zero-order valence-electron chi connectivity index (χ0n) is 4.95. The third-order valence-electron chi connectivity index (χ3n) is 1.44. The summed E-state index contributed by atoms with van der Waals surface area (Å²) in [6.07, 6.45) is 0. The number of rotatable bonds is 0. The van der Waals surface area contributed by atoms with Gasteiger partial charge in [0.15, 0.2) is 0 Å². The zero-order chi connectivity index (χ0) is 7.07. The lowest BCUT2D eigenvalue weighted by Crippen LogP contribution is -2.01. The van der Waals surface area contributed by atoms with Crippen LogP contribution < -0.4 is 0 Å². The molecular formula is C4H6B2O2S. The maximum atomic E-state index is 10.7. The van der Waals surface area contributed by atoms with Crippen LogP contribution >= 0.6 is 0 Å². The van der Waals surface area contributed by atoms with Gasteiger partial charge in [-0.05, 0) is 0 Å². The smallest absolute Gasteiger partial charge is 0.149 e. The van der Waals surface area contributed by atoms with Gasteiger partial charge in [0.05, 0.1) is 15.7 Å². The second-order valence-electron chi connectivity index (χ2n) is 2.40. The molecular weight excluding hydrogens is 134 g/mol. The summed E-state index contributed by atoms with van der Waals surface area (Å²) in [6.45, 7) is 0. The highest BCUT2D eigenvalue weighted by atomic mass is 32.2. The van der Waals surface area contributed by atoms with Crippen LogP contribution in [-0.2, 0) is 9.84 Å². The van der Waals surface area contributed by atoms with Crippen molar-refractivity contribution in [3.8, 4) is 0 Å². The lowest BCUT2D eigenvalue weighted by molar-refractivity contribution is 0.602. The molecule has 1 heterocycles. The molecule has 46 valence electrons. The molecule has 2 unspecified atom stereocenters. The molecule has 1 aliphatic rings. The van der Waals surface area contributed by atoms with E-state index in [1.54, 1.807) is 0 Å². The summed E-state index contributed by atoms with van der Waals surface area (Å²) in [6, 6.07) is 0. The summed E-state index contributed by atoms with van der Waals surface area (Å²) in [5.41, 5.74) is 0. The van der Waals surface area contributed by atoms with Crippen LogP contribution in [0.4, 0.5) is 0 Å². The summed E-state index contributed by atoms with van der Waals surface area (Å²) in [7, 11) is 7.80. The minimum absolute atomic E-state index is 0.0498. The van der Waals surface area contributed by atoms with Crippen molar-refractivity contribution in [3.05, 3.63) is 0 Å². The van der Waals surface area contributed by atoms with E-state index in [9.17, 15) is 8.42 Å². The van der Waals surface area contributed by atoms with Crippen LogP contribution in [0.1, 0.15) is 0 Å². The average molecular weight is 140 g/mol. The average Bonchev–Trinajstić information content (AvgIpc) is 1.79. The van der Waals surface area contributed by atoms with Crippen molar-refractivity contribution in [2.75, 3.05) is 11.5 Å². The topological polar surface area (TPSA) is 34.1 Å². The first-order valence-corrected chi connectivity index (χ1v) is 4.55. The van der Waals surface area contributed by atoms with Gasteiger partial charge in [0.2, 0.25) is 0 Å².